The quantitative estimate of drug-likeness (QED) is 0.388. The number of carbonyl (C=O) groups is 1. The Kier molecular flexibility index (Phi) is 10.4. The van der Waals surface area contributed by atoms with Crippen molar-refractivity contribution in [3.63, 3.8) is 0 Å². The maximum absolute atomic E-state index is 13.6. The van der Waals surface area contributed by atoms with Crippen LogP contribution < -0.4 is 0 Å². The minimum absolute atomic E-state index is 0.00654. The van der Waals surface area contributed by atoms with Gasteiger partial charge in [-0.3, -0.25) is 4.79 Å². The second kappa shape index (κ2) is 13.1. The van der Waals surface area contributed by atoms with Crippen LogP contribution in [-0.2, 0) is 31.4 Å². The lowest BCUT2D eigenvalue weighted by molar-refractivity contribution is -0.135. The summed E-state index contributed by atoms with van der Waals surface area (Å²) < 4.78 is 80.9. The molecule has 0 radical (unpaired) electrons. The highest BCUT2D eigenvalue weighted by atomic mass is 32.2. The number of nitrogens with zero attached hydrogens (tertiary/aromatic N) is 3. The SMILES string of the molecule is CCCN(CC(=O)N(Cc1ccc(F)cc1)C1CCN(S(=O)(=O)c2ccc(F)cc2)CC1)S(=O)(=O)CCC. The van der Waals surface area contributed by atoms with Gasteiger partial charge >= 0.3 is 0 Å². The molecule has 0 bridgehead atoms. The molecule has 1 fully saturated rings. The monoisotopic (exact) mass is 571 g/mol. The zero-order chi connectivity index (χ0) is 27.9. The predicted octanol–water partition coefficient (Wildman–Crippen LogP) is 3.60. The molecule has 1 aliphatic heterocycles. The number of hydrogen-bond acceptors (Lipinski definition) is 5. The molecular weight excluding hydrogens is 536 g/mol. The van der Waals surface area contributed by atoms with Gasteiger partial charge in [-0.15, -0.1) is 0 Å². The minimum atomic E-state index is -3.83. The smallest absolute Gasteiger partial charge is 0.243 e. The first kappa shape index (κ1) is 30.1. The van der Waals surface area contributed by atoms with Gasteiger partial charge in [0.15, 0.2) is 0 Å². The number of rotatable bonds is 12. The first-order valence-electron chi connectivity index (χ1n) is 12.8. The molecule has 2 aromatic carbocycles. The van der Waals surface area contributed by atoms with Crippen molar-refractivity contribution in [2.24, 2.45) is 0 Å². The van der Waals surface area contributed by atoms with Crippen LogP contribution in [0.25, 0.3) is 0 Å². The molecule has 0 spiro atoms. The summed E-state index contributed by atoms with van der Waals surface area (Å²) in [5.74, 6) is -1.39. The van der Waals surface area contributed by atoms with Gasteiger partial charge in [-0.2, -0.15) is 8.61 Å². The first-order valence-corrected chi connectivity index (χ1v) is 15.8. The molecule has 210 valence electrons. The molecule has 0 aliphatic carbocycles. The van der Waals surface area contributed by atoms with E-state index in [1.165, 1.54) is 32.9 Å². The topological polar surface area (TPSA) is 95.1 Å². The van der Waals surface area contributed by atoms with E-state index in [9.17, 15) is 30.4 Å². The highest BCUT2D eigenvalue weighted by molar-refractivity contribution is 7.89. The van der Waals surface area contributed by atoms with Crippen molar-refractivity contribution in [1.29, 1.82) is 0 Å². The molecular formula is C26H35F2N3O5S2. The van der Waals surface area contributed by atoms with Gasteiger partial charge in [0.25, 0.3) is 0 Å². The molecule has 1 heterocycles. The first-order chi connectivity index (χ1) is 18.0. The van der Waals surface area contributed by atoms with Gasteiger partial charge in [-0.25, -0.2) is 25.6 Å². The van der Waals surface area contributed by atoms with Crippen LogP contribution >= 0.6 is 0 Å². The highest BCUT2D eigenvalue weighted by Gasteiger charge is 2.35. The Hall–Kier alpha value is -2.41. The fourth-order valence-corrected chi connectivity index (χ4v) is 7.56. The molecule has 1 amide bonds. The standard InChI is InChI=1S/C26H35F2N3O5S2/c1-3-15-30(37(33,34)18-4-2)20-26(32)31(19-21-5-7-22(27)8-6-21)24-13-16-29(17-14-24)38(35,36)25-11-9-23(28)10-12-25/h5-12,24H,3-4,13-20H2,1-2H3. The van der Waals surface area contributed by atoms with E-state index in [1.807, 2.05) is 6.92 Å². The molecule has 1 saturated heterocycles. The molecule has 0 atom stereocenters. The predicted molar refractivity (Wildman–Crippen MR) is 141 cm³/mol. The number of hydrogen-bond donors (Lipinski definition) is 0. The molecule has 12 heteroatoms. The van der Waals surface area contributed by atoms with Crippen molar-refractivity contribution in [2.45, 2.75) is 57.0 Å². The number of halogens is 2. The molecule has 8 nitrogen and oxygen atoms in total. The molecule has 0 unspecified atom stereocenters. The summed E-state index contributed by atoms with van der Waals surface area (Å²) in [6.07, 6.45) is 1.65. The van der Waals surface area contributed by atoms with E-state index in [4.69, 9.17) is 0 Å². The summed E-state index contributed by atoms with van der Waals surface area (Å²) in [7, 11) is -7.44. The van der Waals surface area contributed by atoms with Crippen molar-refractivity contribution in [3.05, 3.63) is 65.7 Å². The van der Waals surface area contributed by atoms with Gasteiger partial charge in [0, 0.05) is 32.2 Å². The van der Waals surface area contributed by atoms with E-state index in [2.05, 4.69) is 0 Å². The summed E-state index contributed by atoms with van der Waals surface area (Å²) in [4.78, 5) is 15.1. The van der Waals surface area contributed by atoms with Crippen LogP contribution in [0.2, 0.25) is 0 Å². The van der Waals surface area contributed by atoms with E-state index >= 15 is 0 Å². The van der Waals surface area contributed by atoms with Gasteiger partial charge in [0.1, 0.15) is 11.6 Å². The molecule has 3 rings (SSSR count). The lowest BCUT2D eigenvalue weighted by Crippen LogP contribution is -2.51. The van der Waals surface area contributed by atoms with Crippen molar-refractivity contribution >= 4 is 26.0 Å². The van der Waals surface area contributed by atoms with E-state index in [0.29, 0.717) is 31.2 Å². The van der Waals surface area contributed by atoms with Crippen LogP contribution in [0.1, 0.15) is 45.1 Å². The van der Waals surface area contributed by atoms with Gasteiger partial charge in [0.05, 0.1) is 17.2 Å². The number of sulfonamides is 2. The summed E-state index contributed by atoms with van der Waals surface area (Å²) in [5, 5.41) is 0. The minimum Gasteiger partial charge on any atom is -0.334 e. The fourth-order valence-electron chi connectivity index (χ4n) is 4.55. The Morgan fingerprint density at radius 1 is 0.895 bits per heavy atom. The maximum atomic E-state index is 13.6. The van der Waals surface area contributed by atoms with Crippen LogP contribution in [0.5, 0.6) is 0 Å². The highest BCUT2D eigenvalue weighted by Crippen LogP contribution is 2.25. The molecule has 38 heavy (non-hydrogen) atoms. The Morgan fingerprint density at radius 3 is 1.97 bits per heavy atom. The number of piperidine rings is 1. The molecule has 0 saturated carbocycles. The maximum Gasteiger partial charge on any atom is 0.243 e. The third kappa shape index (κ3) is 7.58. The second-order valence-electron chi connectivity index (χ2n) is 9.39. The van der Waals surface area contributed by atoms with E-state index in [0.717, 1.165) is 12.1 Å². The number of carbonyl (C=O) groups excluding carboxylic acids is 1. The fraction of sp³-hybridized carbons (Fsp3) is 0.500. The average molecular weight is 572 g/mol. The second-order valence-corrected chi connectivity index (χ2v) is 13.4. The summed E-state index contributed by atoms with van der Waals surface area (Å²) >= 11 is 0. The lowest BCUT2D eigenvalue weighted by atomic mass is 10.0. The van der Waals surface area contributed by atoms with E-state index < -0.39 is 31.7 Å². The van der Waals surface area contributed by atoms with Gasteiger partial charge in [-0.05, 0) is 67.6 Å². The lowest BCUT2D eigenvalue weighted by Gasteiger charge is -2.39. The summed E-state index contributed by atoms with van der Waals surface area (Å²) in [5.41, 5.74) is 0.680. The van der Waals surface area contributed by atoms with Gasteiger partial charge in [-0.1, -0.05) is 26.0 Å². The van der Waals surface area contributed by atoms with Crippen LogP contribution in [0.4, 0.5) is 8.78 Å². The zero-order valence-corrected chi connectivity index (χ0v) is 23.4. The summed E-state index contributed by atoms with van der Waals surface area (Å²) in [6.45, 7) is 3.93. The third-order valence-corrected chi connectivity index (χ3v) is 10.5. The number of benzene rings is 2. The Labute approximate surface area is 224 Å². The van der Waals surface area contributed by atoms with Gasteiger partial charge < -0.3 is 4.90 Å². The Bertz CT molecular complexity index is 1280. The van der Waals surface area contributed by atoms with Crippen molar-refractivity contribution in [2.75, 3.05) is 31.9 Å². The van der Waals surface area contributed by atoms with Crippen molar-refractivity contribution in [1.82, 2.24) is 13.5 Å². The molecule has 2 aromatic rings. The van der Waals surface area contributed by atoms with E-state index in [1.54, 1.807) is 24.0 Å². The molecule has 0 aromatic heterocycles. The normalized spacial score (nSPS) is 15.6. The van der Waals surface area contributed by atoms with Crippen LogP contribution in [0.3, 0.4) is 0 Å². The third-order valence-electron chi connectivity index (χ3n) is 6.54. The largest absolute Gasteiger partial charge is 0.334 e. The van der Waals surface area contributed by atoms with E-state index in [-0.39, 0.29) is 55.3 Å². The Morgan fingerprint density at radius 2 is 1.45 bits per heavy atom. The summed E-state index contributed by atoms with van der Waals surface area (Å²) in [6, 6.07) is 10.0. The van der Waals surface area contributed by atoms with Crippen LogP contribution in [-0.4, -0.2) is 74.2 Å². The van der Waals surface area contributed by atoms with Crippen LogP contribution in [0.15, 0.2) is 53.4 Å². The molecule has 0 N–H and O–H groups in total. The van der Waals surface area contributed by atoms with Crippen LogP contribution in [0, 0.1) is 11.6 Å². The van der Waals surface area contributed by atoms with Crippen molar-refractivity contribution < 1.29 is 30.4 Å². The number of amides is 1. The Balaban J connectivity index is 1.80. The average Bonchev–Trinajstić information content (AvgIpc) is 2.88. The zero-order valence-electron chi connectivity index (χ0n) is 21.7. The van der Waals surface area contributed by atoms with Crippen molar-refractivity contribution in [3.8, 4) is 0 Å². The molecule has 1 aliphatic rings. The van der Waals surface area contributed by atoms with Gasteiger partial charge in [0.2, 0.25) is 26.0 Å².